The highest BCUT2D eigenvalue weighted by molar-refractivity contribution is 5.31. The molecule has 0 fully saturated rings. The van der Waals surface area contributed by atoms with E-state index < -0.39 is 0 Å². The molecule has 1 aromatic heterocycles. The van der Waals surface area contributed by atoms with Gasteiger partial charge in [0.2, 0.25) is 0 Å². The molecule has 1 aromatic carbocycles. The van der Waals surface area contributed by atoms with Gasteiger partial charge in [-0.05, 0) is 37.2 Å². The molecule has 0 spiro atoms. The SMILES string of the molecule is CCNC(c1cccc(F)c1)c1coc(C)c1. The maximum absolute atomic E-state index is 13.2. The molecule has 0 aliphatic rings. The molecule has 1 unspecified atom stereocenters. The average molecular weight is 233 g/mol. The van der Waals surface area contributed by atoms with E-state index in [1.165, 1.54) is 6.07 Å². The van der Waals surface area contributed by atoms with Crippen molar-refractivity contribution >= 4 is 0 Å². The van der Waals surface area contributed by atoms with Crippen LogP contribution in [0.1, 0.15) is 29.9 Å². The van der Waals surface area contributed by atoms with Crippen molar-refractivity contribution in [3.8, 4) is 0 Å². The van der Waals surface area contributed by atoms with Crippen molar-refractivity contribution in [2.75, 3.05) is 6.54 Å². The summed E-state index contributed by atoms with van der Waals surface area (Å²) in [7, 11) is 0. The van der Waals surface area contributed by atoms with Crippen LogP contribution in [0.2, 0.25) is 0 Å². The summed E-state index contributed by atoms with van der Waals surface area (Å²) in [6.45, 7) is 4.74. The smallest absolute Gasteiger partial charge is 0.123 e. The summed E-state index contributed by atoms with van der Waals surface area (Å²) in [5.41, 5.74) is 1.93. The maximum Gasteiger partial charge on any atom is 0.123 e. The van der Waals surface area contributed by atoms with Gasteiger partial charge in [-0.3, -0.25) is 0 Å². The van der Waals surface area contributed by atoms with Gasteiger partial charge in [0.25, 0.3) is 0 Å². The van der Waals surface area contributed by atoms with E-state index in [-0.39, 0.29) is 11.9 Å². The Morgan fingerprint density at radius 2 is 2.12 bits per heavy atom. The van der Waals surface area contributed by atoms with Crippen molar-refractivity contribution in [1.82, 2.24) is 5.32 Å². The molecule has 2 nitrogen and oxygen atoms in total. The van der Waals surface area contributed by atoms with Gasteiger partial charge in [0.1, 0.15) is 11.6 Å². The van der Waals surface area contributed by atoms with E-state index in [0.717, 1.165) is 23.4 Å². The second-order valence-electron chi connectivity index (χ2n) is 4.04. The first-order valence-electron chi connectivity index (χ1n) is 5.74. The van der Waals surface area contributed by atoms with Gasteiger partial charge in [0, 0.05) is 5.56 Å². The van der Waals surface area contributed by atoms with Gasteiger partial charge >= 0.3 is 0 Å². The van der Waals surface area contributed by atoms with Crippen LogP contribution in [0.5, 0.6) is 0 Å². The fourth-order valence-corrected chi connectivity index (χ4v) is 1.93. The Balaban J connectivity index is 2.35. The molecule has 2 rings (SSSR count). The van der Waals surface area contributed by atoms with Crippen molar-refractivity contribution < 1.29 is 8.81 Å². The van der Waals surface area contributed by atoms with Crippen molar-refractivity contribution in [1.29, 1.82) is 0 Å². The topological polar surface area (TPSA) is 25.2 Å². The summed E-state index contributed by atoms with van der Waals surface area (Å²) >= 11 is 0. The van der Waals surface area contributed by atoms with Crippen LogP contribution in [0.25, 0.3) is 0 Å². The van der Waals surface area contributed by atoms with Crippen molar-refractivity contribution in [2.45, 2.75) is 19.9 Å². The molecule has 0 aliphatic carbocycles. The summed E-state index contributed by atoms with van der Waals surface area (Å²) in [6, 6.07) is 8.59. The number of hydrogen-bond donors (Lipinski definition) is 1. The highest BCUT2D eigenvalue weighted by Crippen LogP contribution is 2.24. The monoisotopic (exact) mass is 233 g/mol. The van der Waals surface area contributed by atoms with Crippen LogP contribution in [0.3, 0.4) is 0 Å². The van der Waals surface area contributed by atoms with Gasteiger partial charge in [-0.25, -0.2) is 4.39 Å². The Bertz CT molecular complexity index is 492. The van der Waals surface area contributed by atoms with Crippen molar-refractivity contribution in [2.24, 2.45) is 0 Å². The second-order valence-corrected chi connectivity index (χ2v) is 4.04. The predicted octanol–water partition coefficient (Wildman–Crippen LogP) is 3.43. The molecule has 1 N–H and O–H groups in total. The number of halogens is 1. The molecule has 2 aromatic rings. The van der Waals surface area contributed by atoms with Crippen molar-refractivity contribution in [3.63, 3.8) is 0 Å². The summed E-state index contributed by atoms with van der Waals surface area (Å²) in [5, 5.41) is 3.33. The zero-order valence-electron chi connectivity index (χ0n) is 10.0. The van der Waals surface area contributed by atoms with Crippen LogP contribution in [-0.2, 0) is 0 Å². The number of benzene rings is 1. The fraction of sp³-hybridized carbons (Fsp3) is 0.286. The highest BCUT2D eigenvalue weighted by atomic mass is 19.1. The van der Waals surface area contributed by atoms with E-state index in [0.29, 0.717) is 0 Å². The largest absolute Gasteiger partial charge is 0.469 e. The molecule has 0 saturated heterocycles. The van der Waals surface area contributed by atoms with E-state index in [1.807, 2.05) is 26.0 Å². The second kappa shape index (κ2) is 5.15. The molecule has 1 heterocycles. The lowest BCUT2D eigenvalue weighted by molar-refractivity contribution is 0.525. The van der Waals surface area contributed by atoms with Gasteiger partial charge in [-0.2, -0.15) is 0 Å². The molecule has 0 amide bonds. The number of hydrogen-bond acceptors (Lipinski definition) is 2. The van der Waals surface area contributed by atoms with Crippen molar-refractivity contribution in [3.05, 3.63) is 59.3 Å². The third-order valence-corrected chi connectivity index (χ3v) is 2.67. The standard InChI is InChI=1S/C14H16FNO/c1-3-16-14(12-7-10(2)17-9-12)11-5-4-6-13(15)8-11/h4-9,14,16H,3H2,1-2H3. The molecule has 0 bridgehead atoms. The molecular weight excluding hydrogens is 217 g/mol. The predicted molar refractivity (Wildman–Crippen MR) is 65.4 cm³/mol. The lowest BCUT2D eigenvalue weighted by atomic mass is 10.0. The first-order chi connectivity index (χ1) is 8.20. The Morgan fingerprint density at radius 1 is 1.29 bits per heavy atom. The third-order valence-electron chi connectivity index (χ3n) is 2.67. The number of rotatable bonds is 4. The Kier molecular flexibility index (Phi) is 3.59. The van der Waals surface area contributed by atoms with E-state index in [4.69, 9.17) is 4.42 Å². The van der Waals surface area contributed by atoms with Crippen LogP contribution < -0.4 is 5.32 Å². The molecule has 0 aliphatic heterocycles. The van der Waals surface area contributed by atoms with E-state index in [1.54, 1.807) is 18.4 Å². The first-order valence-corrected chi connectivity index (χ1v) is 5.74. The lowest BCUT2D eigenvalue weighted by Crippen LogP contribution is -2.21. The minimum atomic E-state index is -0.217. The molecule has 0 radical (unpaired) electrons. The van der Waals surface area contributed by atoms with Crippen LogP contribution in [-0.4, -0.2) is 6.54 Å². The zero-order valence-corrected chi connectivity index (χ0v) is 10.0. The van der Waals surface area contributed by atoms with Gasteiger partial charge in [0.15, 0.2) is 0 Å². The summed E-state index contributed by atoms with van der Waals surface area (Å²) in [4.78, 5) is 0. The number of aryl methyl sites for hydroxylation is 1. The Hall–Kier alpha value is -1.61. The molecule has 17 heavy (non-hydrogen) atoms. The van der Waals surface area contributed by atoms with Gasteiger partial charge < -0.3 is 9.73 Å². The number of furan rings is 1. The Morgan fingerprint density at radius 3 is 2.71 bits per heavy atom. The first kappa shape index (κ1) is 11.9. The molecular formula is C14H16FNO. The van der Waals surface area contributed by atoms with Gasteiger partial charge in [0.05, 0.1) is 12.3 Å². The minimum absolute atomic E-state index is 0.0202. The summed E-state index contributed by atoms with van der Waals surface area (Å²) in [6.07, 6.45) is 1.72. The highest BCUT2D eigenvalue weighted by Gasteiger charge is 2.15. The molecule has 1 atom stereocenters. The fourth-order valence-electron chi connectivity index (χ4n) is 1.93. The van der Waals surface area contributed by atoms with Crippen LogP contribution in [0, 0.1) is 12.7 Å². The Labute approximate surface area is 100 Å². The minimum Gasteiger partial charge on any atom is -0.469 e. The van der Waals surface area contributed by atoms with E-state index in [9.17, 15) is 4.39 Å². The van der Waals surface area contributed by atoms with Gasteiger partial charge in [-0.15, -0.1) is 0 Å². The average Bonchev–Trinajstić information content (AvgIpc) is 2.72. The van der Waals surface area contributed by atoms with E-state index >= 15 is 0 Å². The van der Waals surface area contributed by atoms with Gasteiger partial charge in [-0.1, -0.05) is 19.1 Å². The molecule has 3 heteroatoms. The van der Waals surface area contributed by atoms with Crippen LogP contribution in [0.4, 0.5) is 4.39 Å². The normalized spacial score (nSPS) is 12.6. The maximum atomic E-state index is 13.2. The molecule has 0 saturated carbocycles. The summed E-state index contributed by atoms with van der Waals surface area (Å²) in [5.74, 6) is 0.643. The summed E-state index contributed by atoms with van der Waals surface area (Å²) < 4.78 is 18.5. The lowest BCUT2D eigenvalue weighted by Gasteiger charge is -2.16. The zero-order chi connectivity index (χ0) is 12.3. The quantitative estimate of drug-likeness (QED) is 0.875. The third kappa shape index (κ3) is 2.74. The van der Waals surface area contributed by atoms with Crippen LogP contribution >= 0.6 is 0 Å². The van der Waals surface area contributed by atoms with Crippen LogP contribution in [0.15, 0.2) is 41.0 Å². The van der Waals surface area contributed by atoms with E-state index in [2.05, 4.69) is 5.32 Å². The molecule has 90 valence electrons. The number of nitrogens with one attached hydrogen (secondary N) is 1.